The van der Waals surface area contributed by atoms with Crippen LogP contribution in [0.4, 0.5) is 0 Å². The molecule has 0 aliphatic carbocycles. The maximum Gasteiger partial charge on any atom is 0.134 e. The molecule has 1 N–H and O–H groups in total. The van der Waals surface area contributed by atoms with E-state index in [-0.39, 0.29) is 6.04 Å². The number of benzene rings is 1. The van der Waals surface area contributed by atoms with Crippen LogP contribution in [0.2, 0.25) is 0 Å². The van der Waals surface area contributed by atoms with E-state index in [9.17, 15) is 0 Å². The lowest BCUT2D eigenvalue weighted by molar-refractivity contribution is 0.200. The van der Waals surface area contributed by atoms with Crippen LogP contribution in [0, 0.1) is 0 Å². The summed E-state index contributed by atoms with van der Waals surface area (Å²) in [7, 11) is 0. The van der Waals surface area contributed by atoms with Crippen LogP contribution in [0.5, 0.6) is 0 Å². The molecule has 4 heterocycles. The number of imidazole rings is 1. The summed E-state index contributed by atoms with van der Waals surface area (Å²) in [6.07, 6.45) is 8.02. The van der Waals surface area contributed by atoms with E-state index in [1.165, 1.54) is 11.3 Å². The lowest BCUT2D eigenvalue weighted by Gasteiger charge is -2.34. The van der Waals surface area contributed by atoms with E-state index < -0.39 is 0 Å². The maximum atomic E-state index is 5.64. The third-order valence-electron chi connectivity index (χ3n) is 5.06. The predicted octanol–water partition coefficient (Wildman–Crippen LogP) is 4.41. The second-order valence-corrected chi connectivity index (χ2v) is 6.58. The Balaban J connectivity index is 1.53. The fourth-order valence-electron chi connectivity index (χ4n) is 3.84. The van der Waals surface area contributed by atoms with E-state index in [2.05, 4.69) is 39.1 Å². The lowest BCUT2D eigenvalue weighted by Crippen LogP contribution is -2.35. The molecule has 0 spiro atoms. The Morgan fingerprint density at radius 1 is 1.12 bits per heavy atom. The first-order chi connectivity index (χ1) is 12.9. The molecule has 4 aromatic rings. The van der Waals surface area contributed by atoms with Crippen molar-refractivity contribution < 1.29 is 8.83 Å². The van der Waals surface area contributed by atoms with Crippen LogP contribution in [0.15, 0.2) is 76.4 Å². The van der Waals surface area contributed by atoms with Gasteiger partial charge >= 0.3 is 0 Å². The summed E-state index contributed by atoms with van der Waals surface area (Å²) >= 11 is 0. The van der Waals surface area contributed by atoms with Crippen LogP contribution in [0.3, 0.4) is 0 Å². The molecule has 1 aromatic carbocycles. The van der Waals surface area contributed by atoms with Crippen LogP contribution >= 0.6 is 0 Å². The summed E-state index contributed by atoms with van der Waals surface area (Å²) in [6, 6.07) is 14.5. The van der Waals surface area contributed by atoms with Gasteiger partial charge in [0.05, 0.1) is 36.9 Å². The molecule has 0 amide bonds. The Hall–Kier alpha value is -3.05. The van der Waals surface area contributed by atoms with Crippen LogP contribution in [-0.2, 0) is 13.0 Å². The van der Waals surface area contributed by atoms with Gasteiger partial charge in [0.2, 0.25) is 0 Å². The molecule has 0 saturated carbocycles. The number of H-pyrrole nitrogens is 1. The zero-order chi connectivity index (χ0) is 17.3. The van der Waals surface area contributed by atoms with E-state index in [4.69, 9.17) is 8.83 Å². The number of nitrogens with zero attached hydrogens (tertiary/aromatic N) is 2. The quantitative estimate of drug-likeness (QED) is 0.595. The predicted molar refractivity (Wildman–Crippen MR) is 97.4 cm³/mol. The molecule has 1 aliphatic heterocycles. The molecule has 0 bridgehead atoms. The van der Waals surface area contributed by atoms with Gasteiger partial charge in [-0.25, -0.2) is 4.98 Å². The molecular weight excluding hydrogens is 326 g/mol. The van der Waals surface area contributed by atoms with Gasteiger partial charge in [-0.15, -0.1) is 0 Å². The second-order valence-electron chi connectivity index (χ2n) is 6.58. The Kier molecular flexibility index (Phi) is 3.72. The maximum absolute atomic E-state index is 5.64. The minimum Gasteiger partial charge on any atom is -0.472 e. The topological polar surface area (TPSA) is 58.2 Å². The SMILES string of the molecule is c1coc(-c2ccccc2CN2CCc3[nH]cnc3[C@@H]2c2ccoc2)c1. The van der Waals surface area contributed by atoms with Gasteiger partial charge in [-0.3, -0.25) is 4.90 Å². The number of hydrogen-bond donors (Lipinski definition) is 1. The molecule has 1 atom stereocenters. The van der Waals surface area contributed by atoms with Crippen LogP contribution in [0.1, 0.15) is 28.6 Å². The smallest absolute Gasteiger partial charge is 0.134 e. The number of nitrogens with one attached hydrogen (secondary N) is 1. The normalized spacial score (nSPS) is 17.3. The Labute approximate surface area is 151 Å². The average molecular weight is 345 g/mol. The summed E-state index contributed by atoms with van der Waals surface area (Å²) in [5, 5.41) is 0. The van der Waals surface area contributed by atoms with Gasteiger partial charge in [-0.1, -0.05) is 24.3 Å². The fourth-order valence-corrected chi connectivity index (χ4v) is 3.84. The third kappa shape index (κ3) is 2.57. The number of hydrogen-bond acceptors (Lipinski definition) is 4. The largest absolute Gasteiger partial charge is 0.472 e. The summed E-state index contributed by atoms with van der Waals surface area (Å²) < 4.78 is 11.0. The molecule has 0 unspecified atom stereocenters. The van der Waals surface area contributed by atoms with Gasteiger partial charge in [-0.2, -0.15) is 0 Å². The molecule has 0 fully saturated rings. The monoisotopic (exact) mass is 345 g/mol. The first-order valence-electron chi connectivity index (χ1n) is 8.80. The number of furan rings is 2. The molecular formula is C21H19N3O2. The van der Waals surface area contributed by atoms with Gasteiger partial charge in [0, 0.05) is 36.3 Å². The van der Waals surface area contributed by atoms with E-state index >= 15 is 0 Å². The third-order valence-corrected chi connectivity index (χ3v) is 5.06. The summed E-state index contributed by atoms with van der Waals surface area (Å²) in [4.78, 5) is 10.3. The van der Waals surface area contributed by atoms with Crippen molar-refractivity contribution in [1.29, 1.82) is 0 Å². The minimum absolute atomic E-state index is 0.0911. The Bertz CT molecular complexity index is 986. The zero-order valence-corrected chi connectivity index (χ0v) is 14.3. The van der Waals surface area contributed by atoms with Gasteiger partial charge in [-0.05, 0) is 23.8 Å². The first kappa shape index (κ1) is 15.2. The summed E-state index contributed by atoms with van der Waals surface area (Å²) in [5.74, 6) is 0.901. The van der Waals surface area contributed by atoms with Gasteiger partial charge in [0.25, 0.3) is 0 Å². The minimum atomic E-state index is 0.0911. The molecule has 0 saturated heterocycles. The second kappa shape index (κ2) is 6.35. The van der Waals surface area contributed by atoms with Crippen molar-refractivity contribution in [2.24, 2.45) is 0 Å². The highest BCUT2D eigenvalue weighted by Crippen LogP contribution is 2.36. The van der Waals surface area contributed by atoms with E-state index in [1.54, 1.807) is 18.9 Å². The van der Waals surface area contributed by atoms with Crippen molar-refractivity contribution in [3.05, 3.63) is 90.1 Å². The highest BCUT2D eigenvalue weighted by molar-refractivity contribution is 5.62. The molecule has 0 radical (unpaired) electrons. The van der Waals surface area contributed by atoms with Crippen LogP contribution < -0.4 is 0 Å². The molecule has 3 aromatic heterocycles. The molecule has 5 heteroatoms. The highest BCUT2D eigenvalue weighted by atomic mass is 16.3. The standard InChI is InChI=1S/C21H19N3O2/c1-2-5-17(19-6-3-10-26-19)15(4-1)12-24-9-7-18-20(23-14-22-18)21(24)16-8-11-25-13-16/h1-6,8,10-11,13-14,21H,7,9,12H2,(H,22,23)/t21-/m0/s1. The van der Waals surface area contributed by atoms with Crippen molar-refractivity contribution in [3.63, 3.8) is 0 Å². The van der Waals surface area contributed by atoms with Crippen molar-refractivity contribution in [2.75, 3.05) is 6.54 Å². The Morgan fingerprint density at radius 3 is 2.92 bits per heavy atom. The van der Waals surface area contributed by atoms with Crippen molar-refractivity contribution in [1.82, 2.24) is 14.9 Å². The number of aromatic nitrogens is 2. The molecule has 5 nitrogen and oxygen atoms in total. The van der Waals surface area contributed by atoms with Crippen molar-refractivity contribution in [3.8, 4) is 11.3 Å². The van der Waals surface area contributed by atoms with Crippen LogP contribution in [0.25, 0.3) is 11.3 Å². The number of fused-ring (bicyclic) bond motifs is 1. The van der Waals surface area contributed by atoms with Crippen molar-refractivity contribution >= 4 is 0 Å². The lowest BCUT2D eigenvalue weighted by atomic mass is 9.96. The molecule has 1 aliphatic rings. The van der Waals surface area contributed by atoms with Crippen LogP contribution in [-0.4, -0.2) is 21.4 Å². The van der Waals surface area contributed by atoms with E-state index in [0.717, 1.165) is 42.1 Å². The molecule has 5 rings (SSSR count). The summed E-state index contributed by atoms with van der Waals surface area (Å²) in [5.41, 5.74) is 5.82. The average Bonchev–Trinajstić information content (AvgIpc) is 3.43. The zero-order valence-electron chi connectivity index (χ0n) is 14.3. The van der Waals surface area contributed by atoms with Crippen molar-refractivity contribution in [2.45, 2.75) is 19.0 Å². The fraction of sp³-hybridized carbons (Fsp3) is 0.190. The molecule has 130 valence electrons. The number of aromatic amines is 1. The highest BCUT2D eigenvalue weighted by Gasteiger charge is 2.32. The first-order valence-corrected chi connectivity index (χ1v) is 8.80. The van der Waals surface area contributed by atoms with Gasteiger partial charge < -0.3 is 13.8 Å². The van der Waals surface area contributed by atoms with E-state index in [1.807, 2.05) is 24.5 Å². The van der Waals surface area contributed by atoms with Gasteiger partial charge in [0.1, 0.15) is 5.76 Å². The number of rotatable bonds is 4. The summed E-state index contributed by atoms with van der Waals surface area (Å²) in [6.45, 7) is 1.77. The van der Waals surface area contributed by atoms with Gasteiger partial charge in [0.15, 0.2) is 0 Å². The molecule has 26 heavy (non-hydrogen) atoms. The van der Waals surface area contributed by atoms with E-state index in [0.29, 0.717) is 0 Å². The Morgan fingerprint density at radius 2 is 2.08 bits per heavy atom.